The molecule has 2 N–H and O–H groups in total. The number of carbonyl (C=O) groups excluding carboxylic acids is 1. The van der Waals surface area contributed by atoms with Gasteiger partial charge in [0.2, 0.25) is 5.95 Å². The van der Waals surface area contributed by atoms with E-state index in [2.05, 4.69) is 60.2 Å². The molecule has 14 heteroatoms. The van der Waals surface area contributed by atoms with Gasteiger partial charge in [-0.05, 0) is 58.5 Å². The Hall–Kier alpha value is -3.08. The van der Waals surface area contributed by atoms with Crippen molar-refractivity contribution < 1.29 is 19.0 Å². The van der Waals surface area contributed by atoms with Crippen molar-refractivity contribution in [3.05, 3.63) is 30.4 Å². The molecule has 2 aliphatic heterocycles. The van der Waals surface area contributed by atoms with Gasteiger partial charge in [0, 0.05) is 82.6 Å². The molecule has 5 heterocycles. The van der Waals surface area contributed by atoms with Crippen molar-refractivity contribution in [1.82, 2.24) is 29.5 Å². The number of nitrogens with two attached hydrogens (primary N) is 1. The zero-order valence-electron chi connectivity index (χ0n) is 30.5. The Labute approximate surface area is 287 Å². The van der Waals surface area contributed by atoms with E-state index in [-0.39, 0.29) is 30.0 Å². The van der Waals surface area contributed by atoms with E-state index >= 15 is 0 Å². The van der Waals surface area contributed by atoms with Crippen molar-refractivity contribution in [2.75, 3.05) is 37.3 Å². The molecule has 3 aromatic rings. The van der Waals surface area contributed by atoms with Crippen molar-refractivity contribution in [3.8, 4) is 11.1 Å². The second-order valence-corrected chi connectivity index (χ2v) is 28.1. The summed E-state index contributed by atoms with van der Waals surface area (Å²) in [4.78, 5) is 31.1. The van der Waals surface area contributed by atoms with Gasteiger partial charge in [-0.3, -0.25) is 0 Å². The van der Waals surface area contributed by atoms with Crippen LogP contribution in [0.1, 0.15) is 58.1 Å². The molecule has 0 radical (unpaired) electrons. The molecule has 2 aliphatic rings. The molecule has 0 saturated carbocycles. The van der Waals surface area contributed by atoms with E-state index in [0.717, 1.165) is 60.4 Å². The highest BCUT2D eigenvalue weighted by Crippen LogP contribution is 2.44. The number of piperidine rings is 1. The predicted octanol–water partition coefficient (Wildman–Crippen LogP) is 6.85. The molecule has 3 aromatic heterocycles. The highest BCUT2D eigenvalue weighted by atomic mass is 28.3. The van der Waals surface area contributed by atoms with E-state index in [1.165, 1.54) is 0 Å². The Balaban J connectivity index is 1.50. The van der Waals surface area contributed by atoms with Gasteiger partial charge in [0.15, 0.2) is 5.65 Å². The molecule has 0 spiro atoms. The van der Waals surface area contributed by atoms with Crippen LogP contribution in [0.3, 0.4) is 0 Å². The van der Waals surface area contributed by atoms with Gasteiger partial charge in [-0.2, -0.15) is 9.61 Å². The zero-order valence-corrected chi connectivity index (χ0v) is 32.5. The Morgan fingerprint density at radius 2 is 1.50 bits per heavy atom. The molecule has 2 bridgehead atoms. The van der Waals surface area contributed by atoms with E-state index in [9.17, 15) is 4.79 Å². The quantitative estimate of drug-likeness (QED) is 0.115. The number of hydrogen-bond acceptors (Lipinski definition) is 10. The predicted molar refractivity (Wildman–Crippen MR) is 196 cm³/mol. The average Bonchev–Trinajstić information content (AvgIpc) is 3.52. The summed E-state index contributed by atoms with van der Waals surface area (Å²) in [5.41, 5.74) is 8.60. The number of anilines is 2. The fraction of sp³-hybridized carbons (Fsp3) is 0.676. The normalized spacial score (nSPS) is 20.0. The third-order valence-electron chi connectivity index (χ3n) is 9.02. The third-order valence-corrected chi connectivity index (χ3v) is 12.4. The fourth-order valence-electron chi connectivity index (χ4n) is 6.39. The summed E-state index contributed by atoms with van der Waals surface area (Å²) in [6, 6.07) is 4.55. The Morgan fingerprint density at radius 1 is 0.938 bits per heavy atom. The Kier molecular flexibility index (Phi) is 10.9. The van der Waals surface area contributed by atoms with Crippen LogP contribution in [0.2, 0.25) is 51.4 Å². The molecule has 48 heavy (non-hydrogen) atoms. The van der Waals surface area contributed by atoms with Crippen molar-refractivity contribution in [2.24, 2.45) is 0 Å². The molecule has 2 saturated heterocycles. The van der Waals surface area contributed by atoms with Gasteiger partial charge in [0.25, 0.3) is 0 Å². The SMILES string of the molecule is CC(C)(C)OC(=O)N1C2CCC1CC(c1cc(N(COCC[Si](C)(C)C)COCC[Si](C)(C)C)n3ncc(-c4cnc(N)nc4)c3n1)C2. The number of amides is 1. The van der Waals surface area contributed by atoms with Crippen molar-refractivity contribution >= 4 is 39.7 Å². The molecule has 2 unspecified atom stereocenters. The molecule has 0 aromatic carbocycles. The minimum absolute atomic E-state index is 0.117. The summed E-state index contributed by atoms with van der Waals surface area (Å²) in [5, 5.41) is 4.83. The second-order valence-electron chi connectivity index (χ2n) is 16.8. The lowest BCUT2D eigenvalue weighted by molar-refractivity contribution is 0.00569. The highest BCUT2D eigenvalue weighted by Gasteiger charge is 2.45. The van der Waals surface area contributed by atoms with Crippen LogP contribution in [0.4, 0.5) is 16.6 Å². The van der Waals surface area contributed by atoms with E-state index in [1.807, 2.05) is 36.4 Å². The molecular formula is C34H56N8O4Si2. The van der Waals surface area contributed by atoms with E-state index < -0.39 is 21.7 Å². The topological polar surface area (TPSA) is 133 Å². The van der Waals surface area contributed by atoms with Crippen LogP contribution in [0.15, 0.2) is 24.7 Å². The number of ether oxygens (including phenoxy) is 3. The van der Waals surface area contributed by atoms with Gasteiger partial charge in [-0.25, -0.2) is 19.7 Å². The first-order chi connectivity index (χ1) is 22.5. The number of rotatable bonds is 13. The third kappa shape index (κ3) is 9.33. The molecule has 1 amide bonds. The maximum absolute atomic E-state index is 13.2. The molecule has 2 atom stereocenters. The van der Waals surface area contributed by atoms with Crippen LogP contribution in [-0.2, 0) is 14.2 Å². The lowest BCUT2D eigenvalue weighted by Gasteiger charge is -2.39. The van der Waals surface area contributed by atoms with Gasteiger partial charge in [0.05, 0.1) is 6.20 Å². The summed E-state index contributed by atoms with van der Waals surface area (Å²) in [6.45, 7) is 22.1. The number of nitrogens with zero attached hydrogens (tertiary/aromatic N) is 7. The van der Waals surface area contributed by atoms with Crippen LogP contribution in [-0.4, -0.2) is 96.1 Å². The highest BCUT2D eigenvalue weighted by molar-refractivity contribution is 6.76. The molecule has 2 fully saturated rings. The second kappa shape index (κ2) is 14.4. The van der Waals surface area contributed by atoms with Crippen molar-refractivity contribution in [3.63, 3.8) is 0 Å². The Morgan fingerprint density at radius 3 is 2.02 bits per heavy atom. The van der Waals surface area contributed by atoms with Gasteiger partial charge in [0.1, 0.15) is 24.9 Å². The fourth-order valence-corrected chi connectivity index (χ4v) is 7.90. The van der Waals surface area contributed by atoms with E-state index in [4.69, 9.17) is 30.0 Å². The van der Waals surface area contributed by atoms with Gasteiger partial charge in [-0.15, -0.1) is 0 Å². The Bertz CT molecular complexity index is 1510. The maximum atomic E-state index is 13.2. The van der Waals surface area contributed by atoms with Crippen LogP contribution in [0.25, 0.3) is 16.8 Å². The van der Waals surface area contributed by atoms with E-state index in [1.54, 1.807) is 12.4 Å². The monoisotopic (exact) mass is 696 g/mol. The minimum Gasteiger partial charge on any atom is -0.444 e. The smallest absolute Gasteiger partial charge is 0.410 e. The van der Waals surface area contributed by atoms with Crippen LogP contribution >= 0.6 is 0 Å². The average molecular weight is 697 g/mol. The molecule has 0 aliphatic carbocycles. The van der Waals surface area contributed by atoms with Gasteiger partial charge < -0.3 is 29.7 Å². The van der Waals surface area contributed by atoms with Gasteiger partial charge in [-0.1, -0.05) is 39.3 Å². The first-order valence-electron chi connectivity index (χ1n) is 17.4. The number of fused-ring (bicyclic) bond motifs is 3. The van der Waals surface area contributed by atoms with Crippen molar-refractivity contribution in [2.45, 2.75) is 121 Å². The van der Waals surface area contributed by atoms with Crippen LogP contribution < -0.4 is 10.6 Å². The first kappa shape index (κ1) is 36.2. The molecule has 264 valence electrons. The number of carbonyl (C=O) groups is 1. The number of nitrogen functional groups attached to an aromatic ring is 1. The summed E-state index contributed by atoms with van der Waals surface area (Å²) >= 11 is 0. The molecular weight excluding hydrogens is 641 g/mol. The van der Waals surface area contributed by atoms with E-state index in [0.29, 0.717) is 32.3 Å². The summed E-state index contributed by atoms with van der Waals surface area (Å²) in [7, 11) is -2.53. The van der Waals surface area contributed by atoms with Crippen LogP contribution in [0.5, 0.6) is 0 Å². The standard InChI is InChI=1S/C34H56N8O4Si2/c1-34(2,3)46-33(43)41-26-10-11-27(41)17-24(16-26)29-18-30(42-31(39-29)28(21-38-42)25-19-36-32(35)37-20-25)40(22-44-12-14-47(4,5)6)23-45-13-15-48(7,8)9/h18-21,24,26-27H,10-17,22-23H2,1-9H3,(H2,35,36,37). The summed E-state index contributed by atoms with van der Waals surface area (Å²) in [5.74, 6) is 1.24. The lowest BCUT2D eigenvalue weighted by atomic mass is 9.88. The zero-order chi connectivity index (χ0) is 34.9. The maximum Gasteiger partial charge on any atom is 0.410 e. The molecule has 12 nitrogen and oxygen atoms in total. The number of hydrogen-bond donors (Lipinski definition) is 1. The molecule has 5 rings (SSSR count). The minimum atomic E-state index is -1.26. The summed E-state index contributed by atoms with van der Waals surface area (Å²) < 4.78 is 20.3. The first-order valence-corrected chi connectivity index (χ1v) is 24.8. The van der Waals surface area contributed by atoms with Crippen molar-refractivity contribution in [1.29, 1.82) is 0 Å². The number of aromatic nitrogens is 5. The van der Waals surface area contributed by atoms with Crippen LogP contribution in [0, 0.1) is 0 Å². The summed E-state index contributed by atoms with van der Waals surface area (Å²) in [6.07, 6.45) is 8.62. The lowest BCUT2D eigenvalue weighted by Crippen LogP contribution is -2.48. The largest absolute Gasteiger partial charge is 0.444 e. The van der Waals surface area contributed by atoms with Gasteiger partial charge >= 0.3 is 6.09 Å².